The van der Waals surface area contributed by atoms with Crippen LogP contribution in [0.2, 0.25) is 0 Å². The lowest BCUT2D eigenvalue weighted by molar-refractivity contribution is -0.384. The lowest BCUT2D eigenvalue weighted by Gasteiger charge is -2.34. The van der Waals surface area contributed by atoms with Gasteiger partial charge in [-0.3, -0.25) is 10.1 Å². The van der Waals surface area contributed by atoms with E-state index in [9.17, 15) is 10.1 Å². The summed E-state index contributed by atoms with van der Waals surface area (Å²) in [4.78, 5) is 13.3. The van der Waals surface area contributed by atoms with Crippen LogP contribution in [-0.2, 0) is 0 Å². The molecular weight excluding hydrogens is 266 g/mol. The third-order valence-electron chi connectivity index (χ3n) is 4.56. The zero-order chi connectivity index (χ0) is 15.6. The molecule has 5 heteroatoms. The SMILES string of the molecule is Cc1cc(NC(C)C2CCCN(C)C2)c([N+](=O)[O-])cc1C. The van der Waals surface area contributed by atoms with Gasteiger partial charge in [0.25, 0.3) is 5.69 Å². The van der Waals surface area contributed by atoms with Crippen molar-refractivity contribution in [2.24, 2.45) is 5.92 Å². The summed E-state index contributed by atoms with van der Waals surface area (Å²) in [6.07, 6.45) is 2.37. The number of piperidine rings is 1. The molecule has 1 heterocycles. The Morgan fingerprint density at radius 3 is 2.67 bits per heavy atom. The maximum atomic E-state index is 11.3. The molecule has 1 N–H and O–H groups in total. The zero-order valence-electron chi connectivity index (χ0n) is 13.3. The number of nitro benzene ring substituents is 1. The largest absolute Gasteiger partial charge is 0.377 e. The molecule has 1 aromatic carbocycles. The molecule has 21 heavy (non-hydrogen) atoms. The average molecular weight is 291 g/mol. The number of aryl methyl sites for hydroxylation is 2. The molecule has 1 aliphatic rings. The van der Waals surface area contributed by atoms with E-state index in [1.807, 2.05) is 19.9 Å². The van der Waals surface area contributed by atoms with Crippen LogP contribution in [0.15, 0.2) is 12.1 Å². The Kier molecular flexibility index (Phi) is 4.83. The molecule has 1 aliphatic heterocycles. The number of benzene rings is 1. The quantitative estimate of drug-likeness (QED) is 0.682. The first-order chi connectivity index (χ1) is 9.88. The van der Waals surface area contributed by atoms with Crippen LogP contribution in [0.4, 0.5) is 11.4 Å². The Hall–Kier alpha value is -1.62. The van der Waals surface area contributed by atoms with Gasteiger partial charge in [0.15, 0.2) is 0 Å². The van der Waals surface area contributed by atoms with Crippen molar-refractivity contribution in [1.29, 1.82) is 0 Å². The van der Waals surface area contributed by atoms with Crippen LogP contribution in [0.5, 0.6) is 0 Å². The van der Waals surface area contributed by atoms with Crippen LogP contribution in [-0.4, -0.2) is 36.0 Å². The molecule has 2 atom stereocenters. The van der Waals surface area contributed by atoms with E-state index in [0.717, 1.165) is 24.2 Å². The summed E-state index contributed by atoms with van der Waals surface area (Å²) in [6.45, 7) is 8.22. The van der Waals surface area contributed by atoms with Gasteiger partial charge in [-0.1, -0.05) is 0 Å². The van der Waals surface area contributed by atoms with Crippen LogP contribution in [0.25, 0.3) is 0 Å². The fourth-order valence-corrected chi connectivity index (χ4v) is 3.05. The maximum Gasteiger partial charge on any atom is 0.292 e. The van der Waals surface area contributed by atoms with Crippen molar-refractivity contribution in [1.82, 2.24) is 4.90 Å². The molecule has 2 unspecified atom stereocenters. The second-order valence-electron chi connectivity index (χ2n) is 6.31. The number of nitro groups is 1. The van der Waals surface area contributed by atoms with Gasteiger partial charge < -0.3 is 10.2 Å². The number of nitrogens with one attached hydrogen (secondary N) is 1. The van der Waals surface area contributed by atoms with E-state index in [1.54, 1.807) is 6.07 Å². The molecular formula is C16H25N3O2. The van der Waals surface area contributed by atoms with E-state index in [0.29, 0.717) is 11.6 Å². The first-order valence-electron chi connectivity index (χ1n) is 7.59. The molecule has 0 bridgehead atoms. The Bertz CT molecular complexity index is 530. The lowest BCUT2D eigenvalue weighted by Crippen LogP contribution is -2.39. The summed E-state index contributed by atoms with van der Waals surface area (Å²) in [5, 5.41) is 14.6. The molecule has 5 nitrogen and oxygen atoms in total. The van der Waals surface area contributed by atoms with E-state index in [-0.39, 0.29) is 16.7 Å². The number of likely N-dealkylation sites (tertiary alicyclic amines) is 1. The summed E-state index contributed by atoms with van der Waals surface area (Å²) < 4.78 is 0. The summed E-state index contributed by atoms with van der Waals surface area (Å²) in [7, 11) is 2.14. The van der Waals surface area contributed by atoms with Crippen LogP contribution in [0.1, 0.15) is 30.9 Å². The highest BCUT2D eigenvalue weighted by molar-refractivity contribution is 5.64. The van der Waals surface area contributed by atoms with Crippen molar-refractivity contribution in [3.63, 3.8) is 0 Å². The van der Waals surface area contributed by atoms with Gasteiger partial charge in [-0.25, -0.2) is 0 Å². The van der Waals surface area contributed by atoms with E-state index >= 15 is 0 Å². The minimum absolute atomic E-state index is 0.175. The molecule has 0 aliphatic carbocycles. The van der Waals surface area contributed by atoms with Gasteiger partial charge in [0.2, 0.25) is 0 Å². The van der Waals surface area contributed by atoms with E-state index in [1.165, 1.54) is 12.8 Å². The molecule has 0 amide bonds. The zero-order valence-corrected chi connectivity index (χ0v) is 13.3. The normalized spacial score (nSPS) is 21.0. The van der Waals surface area contributed by atoms with Crippen LogP contribution in [0, 0.1) is 29.9 Å². The van der Waals surface area contributed by atoms with E-state index in [2.05, 4.69) is 24.2 Å². The Labute approximate surface area is 126 Å². The van der Waals surface area contributed by atoms with Crippen LogP contribution in [0.3, 0.4) is 0 Å². The molecule has 0 radical (unpaired) electrons. The number of rotatable bonds is 4. The van der Waals surface area contributed by atoms with Crippen molar-refractivity contribution in [2.45, 2.75) is 39.7 Å². The second kappa shape index (κ2) is 6.43. The molecule has 1 aromatic rings. The van der Waals surface area contributed by atoms with Crippen molar-refractivity contribution < 1.29 is 4.92 Å². The van der Waals surface area contributed by atoms with Gasteiger partial charge in [0.05, 0.1) is 4.92 Å². The Balaban J connectivity index is 2.18. The molecule has 0 aromatic heterocycles. The van der Waals surface area contributed by atoms with Crippen molar-refractivity contribution in [2.75, 3.05) is 25.5 Å². The lowest BCUT2D eigenvalue weighted by atomic mass is 9.91. The van der Waals surface area contributed by atoms with Crippen molar-refractivity contribution >= 4 is 11.4 Å². The smallest absolute Gasteiger partial charge is 0.292 e. The van der Waals surface area contributed by atoms with Gasteiger partial charge in [0.1, 0.15) is 5.69 Å². The monoisotopic (exact) mass is 291 g/mol. The van der Waals surface area contributed by atoms with Crippen LogP contribution >= 0.6 is 0 Å². The number of anilines is 1. The summed E-state index contributed by atoms with van der Waals surface area (Å²) >= 11 is 0. The van der Waals surface area contributed by atoms with Crippen molar-refractivity contribution in [3.8, 4) is 0 Å². The fourth-order valence-electron chi connectivity index (χ4n) is 3.05. The molecule has 2 rings (SSSR count). The minimum Gasteiger partial charge on any atom is -0.377 e. The number of nitrogens with zero attached hydrogens (tertiary/aromatic N) is 2. The van der Waals surface area contributed by atoms with E-state index < -0.39 is 0 Å². The number of hydrogen-bond acceptors (Lipinski definition) is 4. The third-order valence-corrected chi connectivity index (χ3v) is 4.56. The van der Waals surface area contributed by atoms with E-state index in [4.69, 9.17) is 0 Å². The predicted octanol–water partition coefficient (Wildman–Crippen LogP) is 3.35. The minimum atomic E-state index is -0.297. The summed E-state index contributed by atoms with van der Waals surface area (Å²) in [5.74, 6) is 0.532. The van der Waals surface area contributed by atoms with Gasteiger partial charge in [0, 0.05) is 18.7 Å². The predicted molar refractivity (Wildman–Crippen MR) is 85.9 cm³/mol. The fraction of sp³-hybridized carbons (Fsp3) is 0.625. The molecule has 116 valence electrons. The Morgan fingerprint density at radius 2 is 2.05 bits per heavy atom. The average Bonchev–Trinajstić information content (AvgIpc) is 2.42. The van der Waals surface area contributed by atoms with Gasteiger partial charge in [-0.15, -0.1) is 0 Å². The summed E-state index contributed by atoms with van der Waals surface area (Å²) in [6, 6.07) is 3.79. The van der Waals surface area contributed by atoms with Crippen molar-refractivity contribution in [3.05, 3.63) is 33.4 Å². The first kappa shape index (κ1) is 15.8. The molecule has 1 saturated heterocycles. The maximum absolute atomic E-state index is 11.3. The molecule has 0 saturated carbocycles. The van der Waals surface area contributed by atoms with Gasteiger partial charge >= 0.3 is 0 Å². The topological polar surface area (TPSA) is 58.4 Å². The third kappa shape index (κ3) is 3.73. The standard InChI is InChI=1S/C16H25N3O2/c1-11-8-15(16(19(20)21)9-12(11)2)17-13(3)14-6-5-7-18(4)10-14/h8-9,13-14,17H,5-7,10H2,1-4H3. The Morgan fingerprint density at radius 1 is 1.38 bits per heavy atom. The van der Waals surface area contributed by atoms with Gasteiger partial charge in [-0.05, 0) is 70.3 Å². The highest BCUT2D eigenvalue weighted by Gasteiger charge is 2.25. The molecule has 0 spiro atoms. The second-order valence-corrected chi connectivity index (χ2v) is 6.31. The highest BCUT2D eigenvalue weighted by Crippen LogP contribution is 2.30. The van der Waals surface area contributed by atoms with Crippen LogP contribution < -0.4 is 5.32 Å². The molecule has 1 fully saturated rings. The highest BCUT2D eigenvalue weighted by atomic mass is 16.6. The summed E-state index contributed by atoms with van der Waals surface area (Å²) in [5.41, 5.74) is 2.85. The number of hydrogen-bond donors (Lipinski definition) is 1. The first-order valence-corrected chi connectivity index (χ1v) is 7.59. The van der Waals surface area contributed by atoms with Gasteiger partial charge in [-0.2, -0.15) is 0 Å².